The number of rotatable bonds is 10. The van der Waals surface area contributed by atoms with Gasteiger partial charge < -0.3 is 9.47 Å². The second kappa shape index (κ2) is 13.6. The van der Waals surface area contributed by atoms with Gasteiger partial charge in [0.25, 0.3) is 0 Å². The van der Waals surface area contributed by atoms with E-state index in [2.05, 4.69) is 84.0 Å². The lowest BCUT2D eigenvalue weighted by molar-refractivity contribution is -0.139. The van der Waals surface area contributed by atoms with Gasteiger partial charge >= 0.3 is 5.97 Å². The Morgan fingerprint density at radius 3 is 2.05 bits per heavy atom. The van der Waals surface area contributed by atoms with Crippen LogP contribution in [0.1, 0.15) is 92.8 Å². The zero-order valence-corrected chi connectivity index (χ0v) is 26.4. The zero-order valence-electron chi connectivity index (χ0n) is 26.4. The van der Waals surface area contributed by atoms with E-state index in [0.29, 0.717) is 5.56 Å². The third-order valence-electron chi connectivity index (χ3n) is 8.70. The van der Waals surface area contributed by atoms with Crippen LogP contribution < -0.4 is 0 Å². The fourth-order valence-corrected chi connectivity index (χ4v) is 5.92. The average Bonchev–Trinajstić information content (AvgIpc) is 3.76. The van der Waals surface area contributed by atoms with Crippen molar-refractivity contribution in [2.45, 2.75) is 92.1 Å². The van der Waals surface area contributed by atoms with E-state index in [-0.39, 0.29) is 23.3 Å². The molecule has 0 N–H and O–H groups in total. The fourth-order valence-electron chi connectivity index (χ4n) is 5.92. The minimum atomic E-state index is -0.449. The highest BCUT2D eigenvalue weighted by molar-refractivity contribution is 5.75. The van der Waals surface area contributed by atoms with Crippen molar-refractivity contribution in [2.24, 2.45) is 0 Å². The molecule has 220 valence electrons. The lowest BCUT2D eigenvalue weighted by Crippen LogP contribution is -2.26. The standard InChI is InChI=1S/C35H41FO3.C2H6/c1-8-34(22-39-34)16-15-26-13-14-29(17-23(26)4)35(9-2,10-3)30-18-24(5)33(25(6)19-30)28-12-11-27(31(36)20-28)21-32(37)38-7;1-2/h11-20H,8-10,21-22H2,1-7H3;1-2H3/b16-15+;. The molecule has 3 aromatic carbocycles. The molecule has 0 amide bonds. The molecule has 1 fully saturated rings. The number of aryl methyl sites for hydroxylation is 3. The van der Waals surface area contributed by atoms with Gasteiger partial charge in [-0.15, -0.1) is 0 Å². The van der Waals surface area contributed by atoms with Gasteiger partial charge in [-0.2, -0.15) is 0 Å². The molecule has 3 aromatic rings. The number of ether oxygens (including phenoxy) is 2. The second-order valence-corrected chi connectivity index (χ2v) is 10.9. The van der Waals surface area contributed by atoms with Crippen LogP contribution in [-0.4, -0.2) is 25.3 Å². The molecule has 1 saturated heterocycles. The highest BCUT2D eigenvalue weighted by Gasteiger charge is 2.39. The normalized spacial score (nSPS) is 16.3. The first-order valence-corrected chi connectivity index (χ1v) is 15.0. The summed E-state index contributed by atoms with van der Waals surface area (Å²) in [6.45, 7) is 17.9. The van der Waals surface area contributed by atoms with Crippen LogP contribution in [0.25, 0.3) is 17.2 Å². The molecule has 0 aliphatic carbocycles. The molecule has 1 aliphatic heterocycles. The van der Waals surface area contributed by atoms with Crippen molar-refractivity contribution in [1.82, 2.24) is 0 Å². The van der Waals surface area contributed by atoms with Crippen molar-refractivity contribution < 1.29 is 18.7 Å². The van der Waals surface area contributed by atoms with Gasteiger partial charge in [0.15, 0.2) is 0 Å². The van der Waals surface area contributed by atoms with Crippen LogP contribution in [-0.2, 0) is 26.1 Å². The van der Waals surface area contributed by atoms with E-state index in [1.54, 1.807) is 6.07 Å². The predicted molar refractivity (Wildman–Crippen MR) is 169 cm³/mol. The van der Waals surface area contributed by atoms with Crippen LogP contribution in [0.2, 0.25) is 0 Å². The third-order valence-corrected chi connectivity index (χ3v) is 8.70. The third kappa shape index (κ3) is 6.81. The maximum Gasteiger partial charge on any atom is 0.310 e. The first kappa shape index (κ1) is 32.3. The molecule has 0 radical (unpaired) electrons. The molecule has 1 aliphatic rings. The Morgan fingerprint density at radius 2 is 1.56 bits per heavy atom. The van der Waals surface area contributed by atoms with E-state index in [4.69, 9.17) is 9.47 Å². The first-order chi connectivity index (χ1) is 19.6. The summed E-state index contributed by atoms with van der Waals surface area (Å²) in [6, 6.07) is 16.5. The van der Waals surface area contributed by atoms with Crippen LogP contribution >= 0.6 is 0 Å². The number of benzene rings is 3. The van der Waals surface area contributed by atoms with E-state index in [0.717, 1.165) is 48.1 Å². The van der Waals surface area contributed by atoms with E-state index >= 15 is 0 Å². The molecule has 3 nitrogen and oxygen atoms in total. The van der Waals surface area contributed by atoms with Crippen LogP contribution in [0.5, 0.6) is 0 Å². The van der Waals surface area contributed by atoms with E-state index in [1.807, 2.05) is 19.9 Å². The molecule has 0 aromatic heterocycles. The van der Waals surface area contributed by atoms with Crippen molar-refractivity contribution in [3.8, 4) is 11.1 Å². The summed E-state index contributed by atoms with van der Waals surface area (Å²) >= 11 is 0. The smallest absolute Gasteiger partial charge is 0.310 e. The zero-order chi connectivity index (χ0) is 30.4. The number of methoxy groups -OCH3 is 1. The largest absolute Gasteiger partial charge is 0.469 e. The van der Waals surface area contributed by atoms with Gasteiger partial charge in [-0.05, 0) is 102 Å². The van der Waals surface area contributed by atoms with Gasteiger partial charge in [-0.25, -0.2) is 4.39 Å². The molecular formula is C37H47FO3. The summed E-state index contributed by atoms with van der Waals surface area (Å²) in [5.74, 6) is -0.838. The molecule has 1 heterocycles. The summed E-state index contributed by atoms with van der Waals surface area (Å²) in [6.07, 6.45) is 7.27. The van der Waals surface area contributed by atoms with Gasteiger partial charge in [0, 0.05) is 5.41 Å². The first-order valence-electron chi connectivity index (χ1n) is 15.0. The van der Waals surface area contributed by atoms with Gasteiger partial charge in [0.2, 0.25) is 0 Å². The van der Waals surface area contributed by atoms with E-state index in [9.17, 15) is 9.18 Å². The Bertz CT molecular complexity index is 1370. The maximum atomic E-state index is 14.9. The number of epoxide rings is 1. The Morgan fingerprint density at radius 1 is 0.951 bits per heavy atom. The lowest BCUT2D eigenvalue weighted by atomic mass is 9.69. The number of hydrogen-bond donors (Lipinski definition) is 0. The predicted octanol–water partition coefficient (Wildman–Crippen LogP) is 9.46. The summed E-state index contributed by atoms with van der Waals surface area (Å²) < 4.78 is 25.2. The second-order valence-electron chi connectivity index (χ2n) is 10.9. The molecular weight excluding hydrogens is 511 g/mol. The fraction of sp³-hybridized carbons (Fsp3) is 0.432. The molecule has 4 heteroatoms. The summed E-state index contributed by atoms with van der Waals surface area (Å²) in [7, 11) is 1.31. The monoisotopic (exact) mass is 558 g/mol. The van der Waals surface area contributed by atoms with Gasteiger partial charge in [-0.3, -0.25) is 4.79 Å². The summed E-state index contributed by atoms with van der Waals surface area (Å²) in [4.78, 5) is 11.6. The van der Waals surface area contributed by atoms with Gasteiger partial charge in [0.1, 0.15) is 11.4 Å². The number of carbonyl (C=O) groups excluding carboxylic acids is 1. The molecule has 0 saturated carbocycles. The van der Waals surface area contributed by atoms with Crippen molar-refractivity contribution >= 4 is 12.0 Å². The Hall–Kier alpha value is -3.24. The van der Waals surface area contributed by atoms with Gasteiger partial charge in [-0.1, -0.05) is 83.2 Å². The van der Waals surface area contributed by atoms with Crippen LogP contribution in [0.4, 0.5) is 4.39 Å². The Kier molecular flexibility index (Phi) is 10.7. The molecule has 0 bridgehead atoms. The van der Waals surface area contributed by atoms with Crippen molar-refractivity contribution in [3.63, 3.8) is 0 Å². The Labute approximate surface area is 246 Å². The van der Waals surface area contributed by atoms with E-state index in [1.165, 1.54) is 35.4 Å². The number of halogens is 1. The summed E-state index contributed by atoms with van der Waals surface area (Å²) in [5.41, 5.74) is 9.32. The van der Waals surface area contributed by atoms with Crippen LogP contribution in [0.15, 0.2) is 54.6 Å². The number of esters is 1. The van der Waals surface area contributed by atoms with Crippen LogP contribution in [0, 0.1) is 26.6 Å². The molecule has 4 rings (SSSR count). The topological polar surface area (TPSA) is 38.8 Å². The number of carbonyl (C=O) groups is 1. The molecule has 1 atom stereocenters. The highest BCUT2D eigenvalue weighted by Crippen LogP contribution is 2.42. The van der Waals surface area contributed by atoms with Crippen molar-refractivity contribution in [3.05, 3.63) is 99.4 Å². The summed E-state index contributed by atoms with van der Waals surface area (Å²) in [5, 5.41) is 0. The quantitative estimate of drug-likeness (QED) is 0.184. The Balaban J connectivity index is 0.00000226. The average molecular weight is 559 g/mol. The SMILES string of the molecule is CC.CCC1(/C=C/c2ccc(C(CC)(CC)c3cc(C)c(-c4ccc(CC(=O)OC)c(F)c4)c(C)c3)cc2C)CO1. The van der Waals surface area contributed by atoms with Crippen molar-refractivity contribution in [2.75, 3.05) is 13.7 Å². The molecule has 1 unspecified atom stereocenters. The van der Waals surface area contributed by atoms with Crippen LogP contribution in [0.3, 0.4) is 0 Å². The number of hydrogen-bond acceptors (Lipinski definition) is 3. The lowest BCUT2D eigenvalue weighted by Gasteiger charge is -2.35. The maximum absolute atomic E-state index is 14.9. The minimum absolute atomic E-state index is 0.0664. The van der Waals surface area contributed by atoms with E-state index < -0.39 is 5.97 Å². The van der Waals surface area contributed by atoms with Gasteiger partial charge in [0.05, 0.1) is 20.1 Å². The van der Waals surface area contributed by atoms with Crippen molar-refractivity contribution in [1.29, 1.82) is 0 Å². The molecule has 41 heavy (non-hydrogen) atoms. The highest BCUT2D eigenvalue weighted by atomic mass is 19.1. The molecule has 0 spiro atoms. The minimum Gasteiger partial charge on any atom is -0.469 e.